The van der Waals surface area contributed by atoms with E-state index in [1.54, 1.807) is 6.07 Å². The molecule has 0 spiro atoms. The van der Waals surface area contributed by atoms with Crippen LogP contribution in [0.5, 0.6) is 0 Å². The van der Waals surface area contributed by atoms with Crippen molar-refractivity contribution in [2.75, 3.05) is 6.54 Å². The molecule has 1 aliphatic heterocycles. The summed E-state index contributed by atoms with van der Waals surface area (Å²) < 4.78 is 0. The zero-order valence-electron chi connectivity index (χ0n) is 17.3. The molecule has 0 aromatic heterocycles. The number of hydrogen-bond acceptors (Lipinski definition) is 1. The molecule has 2 aliphatic rings. The fraction of sp³-hybridized carbons (Fsp3) is 0.222. The Kier molecular flexibility index (Phi) is 6.03. The molecule has 32 heavy (non-hydrogen) atoms. The number of rotatable bonds is 4. The second-order valence-corrected chi connectivity index (χ2v) is 9.85. The number of carbonyl (C=O) groups excluding carboxylic acids is 1. The predicted octanol–water partition coefficient (Wildman–Crippen LogP) is 7.49. The molecule has 2 nitrogen and oxygen atoms in total. The van der Waals surface area contributed by atoms with Gasteiger partial charge in [0.05, 0.1) is 5.92 Å². The molecule has 0 bridgehead atoms. The van der Waals surface area contributed by atoms with Gasteiger partial charge in [-0.2, -0.15) is 0 Å². The lowest BCUT2D eigenvalue weighted by Crippen LogP contribution is -2.26. The van der Waals surface area contributed by atoms with Crippen molar-refractivity contribution in [2.45, 2.75) is 18.9 Å². The van der Waals surface area contributed by atoms with E-state index in [0.717, 1.165) is 35.2 Å². The molecular formula is C27H22Cl3NO. The Balaban J connectivity index is 1.52. The third-order valence-electron chi connectivity index (χ3n) is 6.56. The maximum absolute atomic E-state index is 13.3. The zero-order valence-corrected chi connectivity index (χ0v) is 19.6. The number of halogens is 3. The van der Waals surface area contributed by atoms with Crippen LogP contribution in [0.2, 0.25) is 15.1 Å². The van der Waals surface area contributed by atoms with E-state index in [1.165, 1.54) is 0 Å². The van der Waals surface area contributed by atoms with E-state index in [-0.39, 0.29) is 23.7 Å². The largest absolute Gasteiger partial charge is 0.338 e. The summed E-state index contributed by atoms with van der Waals surface area (Å²) in [6.07, 6.45) is 3.03. The second kappa shape index (κ2) is 8.94. The van der Waals surface area contributed by atoms with Gasteiger partial charge in [0, 0.05) is 34.1 Å². The van der Waals surface area contributed by atoms with Crippen LogP contribution in [0, 0.1) is 11.8 Å². The summed E-state index contributed by atoms with van der Waals surface area (Å²) >= 11 is 18.9. The molecule has 3 unspecified atom stereocenters. The van der Waals surface area contributed by atoms with Crippen LogP contribution >= 0.6 is 34.8 Å². The molecule has 5 rings (SSSR count). The molecule has 0 radical (unpaired) electrons. The van der Waals surface area contributed by atoms with Gasteiger partial charge in [0.25, 0.3) is 0 Å². The van der Waals surface area contributed by atoms with E-state index in [9.17, 15) is 4.79 Å². The maximum Gasteiger partial charge on any atom is 0.230 e. The maximum atomic E-state index is 13.3. The van der Waals surface area contributed by atoms with Gasteiger partial charge in [-0.1, -0.05) is 89.4 Å². The lowest BCUT2D eigenvalue weighted by atomic mass is 9.71. The average molecular weight is 483 g/mol. The first kappa shape index (κ1) is 21.6. The molecule has 0 N–H and O–H groups in total. The highest BCUT2D eigenvalue weighted by atomic mass is 35.5. The van der Waals surface area contributed by atoms with Crippen molar-refractivity contribution in [1.82, 2.24) is 4.90 Å². The normalized spacial score (nSPS) is 22.6. The molecule has 162 valence electrons. The number of likely N-dealkylation sites (tertiary alicyclic amines) is 1. The van der Waals surface area contributed by atoms with Crippen molar-refractivity contribution in [3.8, 4) is 0 Å². The van der Waals surface area contributed by atoms with Crippen LogP contribution in [-0.4, -0.2) is 17.4 Å². The van der Waals surface area contributed by atoms with Crippen LogP contribution in [-0.2, 0) is 11.3 Å². The zero-order chi connectivity index (χ0) is 22.2. The van der Waals surface area contributed by atoms with Gasteiger partial charge in [-0.3, -0.25) is 4.79 Å². The number of benzene rings is 3. The Morgan fingerprint density at radius 3 is 2.31 bits per heavy atom. The number of amides is 1. The van der Waals surface area contributed by atoms with Gasteiger partial charge in [0.1, 0.15) is 0 Å². The van der Waals surface area contributed by atoms with Gasteiger partial charge < -0.3 is 4.90 Å². The summed E-state index contributed by atoms with van der Waals surface area (Å²) in [6, 6.07) is 23.7. The smallest absolute Gasteiger partial charge is 0.230 e. The summed E-state index contributed by atoms with van der Waals surface area (Å²) in [7, 11) is 0. The van der Waals surface area contributed by atoms with Crippen LogP contribution in [0.4, 0.5) is 0 Å². The highest BCUT2D eigenvalue weighted by molar-refractivity contribution is 6.35. The molecule has 1 aliphatic carbocycles. The average Bonchev–Trinajstić information content (AvgIpc) is 3.09. The Morgan fingerprint density at radius 1 is 0.875 bits per heavy atom. The minimum atomic E-state index is -0.119. The third-order valence-corrected chi connectivity index (χ3v) is 7.38. The lowest BCUT2D eigenvalue weighted by molar-refractivity contribution is -0.130. The first-order valence-corrected chi connectivity index (χ1v) is 11.9. The summed E-state index contributed by atoms with van der Waals surface area (Å²) in [4.78, 5) is 15.3. The van der Waals surface area contributed by atoms with Gasteiger partial charge in [-0.25, -0.2) is 0 Å². The van der Waals surface area contributed by atoms with E-state index in [4.69, 9.17) is 34.8 Å². The van der Waals surface area contributed by atoms with E-state index in [0.29, 0.717) is 21.6 Å². The number of allylic oxidation sites excluding steroid dienone is 1. The van der Waals surface area contributed by atoms with Crippen LogP contribution in [0.15, 0.2) is 78.9 Å². The van der Waals surface area contributed by atoms with Crippen molar-refractivity contribution in [1.29, 1.82) is 0 Å². The van der Waals surface area contributed by atoms with E-state index < -0.39 is 0 Å². The molecular weight excluding hydrogens is 461 g/mol. The number of hydrogen-bond donors (Lipinski definition) is 0. The number of fused-ring (bicyclic) bond motifs is 1. The minimum Gasteiger partial charge on any atom is -0.338 e. The Hall–Kier alpha value is -2.26. The molecule has 1 fully saturated rings. The molecule has 0 saturated carbocycles. The Labute approximate surface area is 203 Å². The SMILES string of the molecule is O=C1C2C=C(c3ccc(Cl)cc3)C(c3ccc(Cl)cc3Cl)CC2CN1Cc1ccccc1. The topological polar surface area (TPSA) is 20.3 Å². The highest BCUT2D eigenvalue weighted by Gasteiger charge is 2.44. The fourth-order valence-electron chi connectivity index (χ4n) is 5.03. The molecule has 1 amide bonds. The van der Waals surface area contributed by atoms with Crippen molar-refractivity contribution < 1.29 is 4.79 Å². The molecule has 5 heteroatoms. The summed E-state index contributed by atoms with van der Waals surface area (Å²) in [5.74, 6) is 0.420. The molecule has 1 heterocycles. The fourth-order valence-corrected chi connectivity index (χ4v) is 5.70. The summed E-state index contributed by atoms with van der Waals surface area (Å²) in [5.41, 5.74) is 4.39. The Bertz CT molecular complexity index is 1170. The van der Waals surface area contributed by atoms with E-state index >= 15 is 0 Å². The first-order chi connectivity index (χ1) is 15.5. The van der Waals surface area contributed by atoms with Gasteiger partial charge in [0.15, 0.2) is 0 Å². The van der Waals surface area contributed by atoms with Gasteiger partial charge in [-0.15, -0.1) is 0 Å². The quantitative estimate of drug-likeness (QED) is 0.377. The Morgan fingerprint density at radius 2 is 1.59 bits per heavy atom. The van der Waals surface area contributed by atoms with Crippen molar-refractivity contribution in [3.05, 3.63) is 111 Å². The first-order valence-electron chi connectivity index (χ1n) is 10.7. The lowest BCUT2D eigenvalue weighted by Gasteiger charge is -2.31. The predicted molar refractivity (Wildman–Crippen MR) is 132 cm³/mol. The minimum absolute atomic E-state index is 0.0895. The standard InChI is InChI=1S/C27H22Cl3NO/c28-20-8-6-18(7-9-20)23-14-24-19(12-25(23)22-11-10-21(29)13-26(22)30)16-31(27(24)32)15-17-4-2-1-3-5-17/h1-11,13-14,19,24-25H,12,15-16H2. The van der Waals surface area contributed by atoms with Gasteiger partial charge in [-0.05, 0) is 58.9 Å². The molecule has 3 aromatic carbocycles. The molecule has 3 aromatic rings. The van der Waals surface area contributed by atoms with Crippen LogP contribution < -0.4 is 0 Å². The number of carbonyl (C=O) groups is 1. The highest BCUT2D eigenvalue weighted by Crippen LogP contribution is 2.49. The second-order valence-electron chi connectivity index (χ2n) is 8.57. The molecule has 3 atom stereocenters. The van der Waals surface area contributed by atoms with Crippen LogP contribution in [0.25, 0.3) is 5.57 Å². The van der Waals surface area contributed by atoms with E-state index in [1.807, 2.05) is 59.5 Å². The van der Waals surface area contributed by atoms with Crippen LogP contribution in [0.3, 0.4) is 0 Å². The van der Waals surface area contributed by atoms with Crippen LogP contribution in [0.1, 0.15) is 29.0 Å². The van der Waals surface area contributed by atoms with Gasteiger partial charge >= 0.3 is 0 Å². The third kappa shape index (κ3) is 4.20. The van der Waals surface area contributed by atoms with E-state index in [2.05, 4.69) is 18.2 Å². The monoisotopic (exact) mass is 481 g/mol. The van der Waals surface area contributed by atoms with Crippen molar-refractivity contribution in [2.24, 2.45) is 11.8 Å². The van der Waals surface area contributed by atoms with Crippen molar-refractivity contribution in [3.63, 3.8) is 0 Å². The number of nitrogens with zero attached hydrogens (tertiary/aromatic N) is 1. The summed E-state index contributed by atoms with van der Waals surface area (Å²) in [5, 5.41) is 1.97. The van der Waals surface area contributed by atoms with Gasteiger partial charge in [0.2, 0.25) is 5.91 Å². The summed E-state index contributed by atoms with van der Waals surface area (Å²) in [6.45, 7) is 1.40. The van der Waals surface area contributed by atoms with Crippen molar-refractivity contribution >= 4 is 46.3 Å². The molecule has 1 saturated heterocycles.